The van der Waals surface area contributed by atoms with E-state index in [9.17, 15) is 4.79 Å². The Labute approximate surface area is 92.3 Å². The first kappa shape index (κ1) is 9.09. The van der Waals surface area contributed by atoms with Gasteiger partial charge in [-0.2, -0.15) is 5.10 Å². The minimum absolute atomic E-state index is 0.0912. The maximum atomic E-state index is 11.9. The first-order chi connectivity index (χ1) is 7.81. The summed E-state index contributed by atoms with van der Waals surface area (Å²) in [5, 5.41) is 5.75. The number of benzene rings is 1. The molecule has 1 aromatic rings. The Morgan fingerprint density at radius 3 is 2.94 bits per heavy atom. The van der Waals surface area contributed by atoms with E-state index in [0.717, 1.165) is 16.0 Å². The predicted octanol–water partition coefficient (Wildman–Crippen LogP) is -0.0679. The van der Waals surface area contributed by atoms with E-state index >= 15 is 0 Å². The van der Waals surface area contributed by atoms with Crippen molar-refractivity contribution in [2.75, 3.05) is 0 Å². The van der Waals surface area contributed by atoms with Gasteiger partial charge in [0.2, 0.25) is 0 Å². The van der Waals surface area contributed by atoms with Crippen LogP contribution in [0.2, 0.25) is 0 Å². The number of nitrogens with two attached hydrogens (primary N) is 1. The lowest BCUT2D eigenvalue weighted by atomic mass is 9.88. The molecule has 0 aromatic heterocycles. The third-order valence-electron chi connectivity index (χ3n) is 2.98. The molecule has 0 bridgehead atoms. The summed E-state index contributed by atoms with van der Waals surface area (Å²) in [6.07, 6.45) is 6.13. The number of carbonyl (C=O) groups excluding carboxylic acids is 1. The molecule has 16 heavy (non-hydrogen) atoms. The quantitative estimate of drug-likeness (QED) is 0.481. The van der Waals surface area contributed by atoms with Crippen LogP contribution >= 0.6 is 0 Å². The summed E-state index contributed by atoms with van der Waals surface area (Å²) in [6.45, 7) is 0. The van der Waals surface area contributed by atoms with Crippen molar-refractivity contribution in [3.05, 3.63) is 40.3 Å². The Morgan fingerprint density at radius 1 is 1.25 bits per heavy atom. The van der Waals surface area contributed by atoms with Crippen LogP contribution in [0.1, 0.15) is 12.0 Å². The zero-order chi connectivity index (χ0) is 11.1. The summed E-state index contributed by atoms with van der Waals surface area (Å²) in [7, 11) is 0. The Balaban J connectivity index is 2.57. The van der Waals surface area contributed by atoms with Crippen LogP contribution < -0.4 is 16.3 Å². The standard InChI is InChI=1S/C13H10N2O/c14-15-10-6-4-8-2-1-3-9-5-7-11(16)13(10)12(8)9/h1-6H,7,14H2/b15-10+. The van der Waals surface area contributed by atoms with Gasteiger partial charge in [-0.3, -0.25) is 4.79 Å². The molecule has 0 atom stereocenters. The predicted molar refractivity (Wildman–Crippen MR) is 63.8 cm³/mol. The van der Waals surface area contributed by atoms with Crippen molar-refractivity contribution in [1.29, 1.82) is 0 Å². The molecular formula is C13H10N2O. The number of Topliss-reactive ketones (excluding diaryl/α,β-unsaturated/α-hetero) is 1. The van der Waals surface area contributed by atoms with Crippen molar-refractivity contribution in [2.45, 2.75) is 6.42 Å². The zero-order valence-electron chi connectivity index (χ0n) is 8.60. The SMILES string of the molecule is N/N=C1\C=Cc2cccc3c2=C1C(=O)CC=3. The fraction of sp³-hybridized carbons (Fsp3) is 0.0769. The zero-order valence-corrected chi connectivity index (χ0v) is 8.60. The highest BCUT2D eigenvalue weighted by Gasteiger charge is 2.21. The van der Waals surface area contributed by atoms with Crippen molar-refractivity contribution >= 4 is 29.2 Å². The normalized spacial score (nSPS) is 19.6. The average Bonchev–Trinajstić information content (AvgIpc) is 2.33. The average molecular weight is 210 g/mol. The molecule has 0 saturated carbocycles. The first-order valence-corrected chi connectivity index (χ1v) is 5.14. The number of hydrogen-bond acceptors (Lipinski definition) is 3. The first-order valence-electron chi connectivity index (χ1n) is 5.14. The fourth-order valence-corrected chi connectivity index (χ4v) is 2.26. The van der Waals surface area contributed by atoms with Crippen molar-refractivity contribution < 1.29 is 4.79 Å². The lowest BCUT2D eigenvalue weighted by molar-refractivity contribution is -0.112. The van der Waals surface area contributed by atoms with Crippen LogP contribution in [-0.4, -0.2) is 11.5 Å². The summed E-state index contributed by atoms with van der Waals surface area (Å²) in [5.41, 5.74) is 2.31. The number of nitrogens with zero attached hydrogens (tertiary/aromatic N) is 1. The Hall–Kier alpha value is -2.16. The highest BCUT2D eigenvalue weighted by molar-refractivity contribution is 6.48. The van der Waals surface area contributed by atoms with Gasteiger partial charge in [-0.05, 0) is 16.9 Å². The van der Waals surface area contributed by atoms with Crippen molar-refractivity contribution in [1.82, 2.24) is 0 Å². The van der Waals surface area contributed by atoms with Crippen LogP contribution in [0.4, 0.5) is 0 Å². The summed E-state index contributed by atoms with van der Waals surface area (Å²) in [4.78, 5) is 11.9. The van der Waals surface area contributed by atoms with Crippen LogP contribution in [0, 0.1) is 0 Å². The molecule has 1 aromatic carbocycles. The maximum absolute atomic E-state index is 11.9. The van der Waals surface area contributed by atoms with Gasteiger partial charge in [0.15, 0.2) is 5.78 Å². The summed E-state index contributed by atoms with van der Waals surface area (Å²) in [6, 6.07) is 6.00. The largest absolute Gasteiger partial charge is 0.323 e. The number of allylic oxidation sites excluding steroid dienone is 1. The van der Waals surface area contributed by atoms with Crippen molar-refractivity contribution in [3.63, 3.8) is 0 Å². The second-order valence-corrected chi connectivity index (χ2v) is 3.87. The molecule has 0 saturated heterocycles. The Kier molecular flexibility index (Phi) is 1.80. The molecule has 3 heteroatoms. The third kappa shape index (κ3) is 1.08. The molecular weight excluding hydrogens is 200 g/mol. The fourth-order valence-electron chi connectivity index (χ4n) is 2.26. The van der Waals surface area contributed by atoms with Gasteiger partial charge in [0.1, 0.15) is 0 Å². The number of hydrogen-bond donors (Lipinski definition) is 1. The molecule has 2 N–H and O–H groups in total. The molecule has 78 valence electrons. The number of rotatable bonds is 0. The molecule has 0 unspecified atom stereocenters. The highest BCUT2D eigenvalue weighted by Crippen LogP contribution is 2.13. The summed E-state index contributed by atoms with van der Waals surface area (Å²) < 4.78 is 0. The number of ketones is 1. The molecule has 2 aliphatic carbocycles. The minimum Gasteiger partial charge on any atom is -0.323 e. The molecule has 2 aliphatic rings. The number of hydrazone groups is 1. The van der Waals surface area contributed by atoms with E-state index in [1.54, 1.807) is 6.08 Å². The van der Waals surface area contributed by atoms with Crippen LogP contribution in [0.15, 0.2) is 29.4 Å². The van der Waals surface area contributed by atoms with E-state index in [-0.39, 0.29) is 5.78 Å². The van der Waals surface area contributed by atoms with Gasteiger partial charge in [-0.25, -0.2) is 0 Å². The molecule has 0 fully saturated rings. The van der Waals surface area contributed by atoms with Crippen molar-refractivity contribution in [3.8, 4) is 0 Å². The van der Waals surface area contributed by atoms with Gasteiger partial charge in [-0.15, -0.1) is 0 Å². The monoisotopic (exact) mass is 210 g/mol. The van der Waals surface area contributed by atoms with Gasteiger partial charge in [-0.1, -0.05) is 30.4 Å². The Bertz CT molecular complexity index is 666. The highest BCUT2D eigenvalue weighted by atomic mass is 16.1. The lowest BCUT2D eigenvalue weighted by Crippen LogP contribution is -2.39. The van der Waals surface area contributed by atoms with Gasteiger partial charge in [0.05, 0.1) is 11.3 Å². The molecule has 3 nitrogen and oxygen atoms in total. The van der Waals surface area contributed by atoms with Crippen LogP contribution in [0.3, 0.4) is 0 Å². The van der Waals surface area contributed by atoms with Crippen LogP contribution in [0.5, 0.6) is 0 Å². The van der Waals surface area contributed by atoms with E-state index < -0.39 is 0 Å². The third-order valence-corrected chi connectivity index (χ3v) is 2.98. The van der Waals surface area contributed by atoms with Crippen LogP contribution in [-0.2, 0) is 4.79 Å². The molecule has 0 spiro atoms. The molecule has 0 amide bonds. The van der Waals surface area contributed by atoms with E-state index in [0.29, 0.717) is 17.7 Å². The smallest absolute Gasteiger partial charge is 0.169 e. The lowest BCUT2D eigenvalue weighted by Gasteiger charge is -2.15. The molecule has 0 heterocycles. The van der Waals surface area contributed by atoms with Gasteiger partial charge in [0.25, 0.3) is 0 Å². The molecule has 0 aliphatic heterocycles. The molecule has 0 radical (unpaired) electrons. The minimum atomic E-state index is 0.0912. The van der Waals surface area contributed by atoms with E-state index in [4.69, 9.17) is 5.84 Å². The summed E-state index contributed by atoms with van der Waals surface area (Å²) >= 11 is 0. The van der Waals surface area contributed by atoms with E-state index in [1.807, 2.05) is 30.4 Å². The van der Waals surface area contributed by atoms with Gasteiger partial charge < -0.3 is 5.84 Å². The maximum Gasteiger partial charge on any atom is 0.169 e. The van der Waals surface area contributed by atoms with Crippen LogP contribution in [0.25, 0.3) is 17.7 Å². The van der Waals surface area contributed by atoms with Crippen molar-refractivity contribution in [2.24, 2.45) is 10.9 Å². The summed E-state index contributed by atoms with van der Waals surface area (Å²) in [5.74, 6) is 5.41. The van der Waals surface area contributed by atoms with Gasteiger partial charge in [0, 0.05) is 11.6 Å². The second kappa shape index (κ2) is 3.17. The second-order valence-electron chi connectivity index (χ2n) is 3.87. The topological polar surface area (TPSA) is 55.4 Å². The Morgan fingerprint density at radius 2 is 2.12 bits per heavy atom. The number of carbonyl (C=O) groups is 1. The molecule has 3 rings (SSSR count). The van der Waals surface area contributed by atoms with Gasteiger partial charge >= 0.3 is 0 Å². The van der Waals surface area contributed by atoms with E-state index in [2.05, 4.69) is 5.10 Å². The van der Waals surface area contributed by atoms with E-state index in [1.165, 1.54) is 0 Å².